The second-order valence-corrected chi connectivity index (χ2v) is 5.25. The molecule has 2 amide bonds. The molecular weight excluding hydrogens is 320 g/mol. The molecule has 1 aromatic carbocycles. The fraction of sp³-hybridized carbons (Fsp3) is 0.375. The molecule has 0 saturated heterocycles. The molecule has 130 valence electrons. The number of nitrogens with one attached hydrogen (secondary N) is 3. The van der Waals surface area contributed by atoms with E-state index in [4.69, 9.17) is 4.74 Å². The van der Waals surface area contributed by atoms with Crippen molar-refractivity contribution in [2.45, 2.75) is 19.9 Å². The molecule has 8 heteroatoms. The molecule has 0 fully saturated rings. The van der Waals surface area contributed by atoms with Gasteiger partial charge in [-0.3, -0.25) is 0 Å². The molecule has 2 rings (SSSR count). The minimum Gasteiger partial charge on any atom is -0.463 e. The fourth-order valence-electron chi connectivity index (χ4n) is 2.31. The van der Waals surface area contributed by atoms with Crippen LogP contribution in [-0.2, 0) is 9.53 Å². The molecule has 1 aromatic rings. The Morgan fingerprint density at radius 3 is 2.83 bits per heavy atom. The summed E-state index contributed by atoms with van der Waals surface area (Å²) in [5, 5.41) is 8.05. The summed E-state index contributed by atoms with van der Waals surface area (Å²) in [6.45, 7) is 3.78. The minimum atomic E-state index is -0.663. The maximum Gasteiger partial charge on any atom is 0.337 e. The van der Waals surface area contributed by atoms with Crippen molar-refractivity contribution < 1.29 is 23.1 Å². The van der Waals surface area contributed by atoms with Gasteiger partial charge in [-0.1, -0.05) is 6.07 Å². The molecule has 3 N–H and O–H groups in total. The van der Waals surface area contributed by atoms with Crippen molar-refractivity contribution in [3.05, 3.63) is 46.7 Å². The van der Waals surface area contributed by atoms with E-state index in [9.17, 15) is 18.4 Å². The third-order valence-electron chi connectivity index (χ3n) is 3.59. The molecular formula is C16H19F2N3O3. The number of halogens is 2. The Kier molecular flexibility index (Phi) is 5.86. The van der Waals surface area contributed by atoms with Crippen LogP contribution in [0.2, 0.25) is 0 Å². The van der Waals surface area contributed by atoms with Gasteiger partial charge in [-0.15, -0.1) is 0 Å². The average molecular weight is 339 g/mol. The number of esters is 1. The van der Waals surface area contributed by atoms with Gasteiger partial charge in [0.05, 0.1) is 18.7 Å². The van der Waals surface area contributed by atoms with Crippen molar-refractivity contribution >= 4 is 12.0 Å². The number of amides is 2. The van der Waals surface area contributed by atoms with E-state index >= 15 is 0 Å². The van der Waals surface area contributed by atoms with Crippen LogP contribution in [0.1, 0.15) is 25.5 Å². The molecule has 1 aliphatic rings. The van der Waals surface area contributed by atoms with Crippen LogP contribution in [0.5, 0.6) is 0 Å². The number of carbonyl (C=O) groups is 2. The number of rotatable bonds is 6. The molecule has 0 radical (unpaired) electrons. The predicted octanol–water partition coefficient (Wildman–Crippen LogP) is 1.75. The number of hydrogen-bond acceptors (Lipinski definition) is 4. The number of ether oxygens (including phenoxy) is 1. The summed E-state index contributed by atoms with van der Waals surface area (Å²) < 4.78 is 31.7. The molecule has 1 aliphatic heterocycles. The fourth-order valence-corrected chi connectivity index (χ4v) is 2.31. The Bertz CT molecular complexity index is 677. The Hall–Kier alpha value is -2.48. The third kappa shape index (κ3) is 4.29. The lowest BCUT2D eigenvalue weighted by Gasteiger charge is -2.23. The zero-order chi connectivity index (χ0) is 17.7. The van der Waals surface area contributed by atoms with Crippen LogP contribution < -0.4 is 16.0 Å². The lowest BCUT2D eigenvalue weighted by atomic mass is 10.1. The number of hydrogen-bond donors (Lipinski definition) is 3. The van der Waals surface area contributed by atoms with E-state index in [1.807, 2.05) is 0 Å². The van der Waals surface area contributed by atoms with Gasteiger partial charge < -0.3 is 20.7 Å². The molecule has 6 nitrogen and oxygen atoms in total. The lowest BCUT2D eigenvalue weighted by molar-refractivity contribution is -0.138. The van der Waals surface area contributed by atoms with Gasteiger partial charge in [0.1, 0.15) is 11.6 Å². The highest BCUT2D eigenvalue weighted by Crippen LogP contribution is 2.18. The summed E-state index contributed by atoms with van der Waals surface area (Å²) in [5.41, 5.74) is 0.956. The van der Waals surface area contributed by atoms with E-state index in [0.717, 1.165) is 6.07 Å². The average Bonchev–Trinajstić information content (AvgIpc) is 2.52. The van der Waals surface area contributed by atoms with Crippen molar-refractivity contribution in [1.82, 2.24) is 16.0 Å². The zero-order valence-electron chi connectivity index (χ0n) is 13.4. The van der Waals surface area contributed by atoms with E-state index in [1.54, 1.807) is 13.8 Å². The van der Waals surface area contributed by atoms with Gasteiger partial charge >= 0.3 is 12.0 Å². The second kappa shape index (κ2) is 7.87. The molecule has 24 heavy (non-hydrogen) atoms. The Labute approximate surface area is 138 Å². The molecule has 0 aromatic heterocycles. The van der Waals surface area contributed by atoms with Crippen molar-refractivity contribution in [2.75, 3.05) is 19.7 Å². The van der Waals surface area contributed by atoms with Gasteiger partial charge in [-0.05, 0) is 19.9 Å². The van der Waals surface area contributed by atoms with E-state index < -0.39 is 29.7 Å². The van der Waals surface area contributed by atoms with Crippen molar-refractivity contribution in [2.24, 2.45) is 0 Å². The molecule has 1 heterocycles. The first-order valence-electron chi connectivity index (χ1n) is 7.54. The van der Waals surface area contributed by atoms with Gasteiger partial charge in [0, 0.05) is 29.9 Å². The molecule has 0 saturated carbocycles. The highest BCUT2D eigenvalue weighted by atomic mass is 19.1. The van der Waals surface area contributed by atoms with E-state index in [1.165, 1.54) is 12.1 Å². The summed E-state index contributed by atoms with van der Waals surface area (Å²) in [4.78, 5) is 23.4. The smallest absolute Gasteiger partial charge is 0.337 e. The SMILES string of the molecule is CCOC(=O)C1=C(CN[C@H](C)c2ccc(F)cc2F)NC(=O)NC1. The maximum absolute atomic E-state index is 13.8. The second-order valence-electron chi connectivity index (χ2n) is 5.25. The summed E-state index contributed by atoms with van der Waals surface area (Å²) in [5.74, 6) is -1.84. The van der Waals surface area contributed by atoms with Crippen LogP contribution in [0.15, 0.2) is 29.5 Å². The monoisotopic (exact) mass is 339 g/mol. The standard InChI is InChI=1S/C16H19F2N3O3/c1-3-24-15(22)12-7-20-16(23)21-14(12)8-19-9(2)11-5-4-10(17)6-13(11)18/h4-6,9,19H,3,7-8H2,1-2H3,(H2,20,21,23)/t9-/m1/s1. The van der Waals surface area contributed by atoms with Crippen LogP contribution in [-0.4, -0.2) is 31.7 Å². The minimum absolute atomic E-state index is 0.0565. The first-order valence-corrected chi connectivity index (χ1v) is 7.54. The van der Waals surface area contributed by atoms with Gasteiger partial charge in [0.2, 0.25) is 0 Å². The van der Waals surface area contributed by atoms with Crippen LogP contribution >= 0.6 is 0 Å². The largest absolute Gasteiger partial charge is 0.463 e. The van der Waals surface area contributed by atoms with Crippen LogP contribution in [0.25, 0.3) is 0 Å². The van der Waals surface area contributed by atoms with Gasteiger partial charge in [-0.2, -0.15) is 0 Å². The topological polar surface area (TPSA) is 79.5 Å². The van der Waals surface area contributed by atoms with E-state index in [2.05, 4.69) is 16.0 Å². The molecule has 0 aliphatic carbocycles. The summed E-state index contributed by atoms with van der Waals surface area (Å²) in [6, 6.07) is 2.45. The molecule has 1 atom stereocenters. The van der Waals surface area contributed by atoms with Gasteiger partial charge in [0.15, 0.2) is 0 Å². The van der Waals surface area contributed by atoms with E-state index in [-0.39, 0.29) is 25.3 Å². The molecule has 0 unspecified atom stereocenters. The van der Waals surface area contributed by atoms with Gasteiger partial charge in [-0.25, -0.2) is 18.4 Å². The normalized spacial score (nSPS) is 15.6. The summed E-state index contributed by atoms with van der Waals surface area (Å²) >= 11 is 0. The Balaban J connectivity index is 2.11. The third-order valence-corrected chi connectivity index (χ3v) is 3.59. The van der Waals surface area contributed by atoms with Crippen molar-refractivity contribution in [3.8, 4) is 0 Å². The highest BCUT2D eigenvalue weighted by molar-refractivity contribution is 5.93. The van der Waals surface area contributed by atoms with Crippen LogP contribution in [0, 0.1) is 11.6 Å². The Morgan fingerprint density at radius 1 is 1.42 bits per heavy atom. The lowest BCUT2D eigenvalue weighted by Crippen LogP contribution is -2.46. The Morgan fingerprint density at radius 2 is 2.17 bits per heavy atom. The summed E-state index contributed by atoms with van der Waals surface area (Å²) in [7, 11) is 0. The van der Waals surface area contributed by atoms with E-state index in [0.29, 0.717) is 11.3 Å². The number of urea groups is 1. The first-order chi connectivity index (χ1) is 11.4. The highest BCUT2D eigenvalue weighted by Gasteiger charge is 2.24. The first kappa shape index (κ1) is 17.9. The van der Waals surface area contributed by atoms with Crippen molar-refractivity contribution in [1.29, 1.82) is 0 Å². The zero-order valence-corrected chi connectivity index (χ0v) is 13.4. The predicted molar refractivity (Wildman–Crippen MR) is 83.0 cm³/mol. The quantitative estimate of drug-likeness (QED) is 0.690. The van der Waals surface area contributed by atoms with Crippen LogP contribution in [0.3, 0.4) is 0 Å². The molecule has 0 bridgehead atoms. The maximum atomic E-state index is 13.8. The van der Waals surface area contributed by atoms with Crippen molar-refractivity contribution in [3.63, 3.8) is 0 Å². The number of benzene rings is 1. The van der Waals surface area contributed by atoms with Crippen LogP contribution in [0.4, 0.5) is 13.6 Å². The van der Waals surface area contributed by atoms with Gasteiger partial charge in [0.25, 0.3) is 0 Å². The number of carbonyl (C=O) groups excluding carboxylic acids is 2. The molecule has 0 spiro atoms. The summed E-state index contributed by atoms with van der Waals surface area (Å²) in [6.07, 6.45) is 0.